The van der Waals surface area contributed by atoms with E-state index in [9.17, 15) is 17.6 Å². The van der Waals surface area contributed by atoms with E-state index in [4.69, 9.17) is 0 Å². The molecule has 2 fully saturated rings. The molecule has 0 spiro atoms. The van der Waals surface area contributed by atoms with Gasteiger partial charge in [-0.1, -0.05) is 68.3 Å². The van der Waals surface area contributed by atoms with Gasteiger partial charge in [-0.15, -0.1) is 0 Å². The molecule has 0 heterocycles. The Morgan fingerprint density at radius 2 is 1.18 bits per heavy atom. The van der Waals surface area contributed by atoms with Gasteiger partial charge in [-0.2, -0.15) is 13.2 Å². The lowest BCUT2D eigenvalue weighted by Gasteiger charge is -2.26. The fraction of sp³-hybridized carbons (Fsp3) is 0.600. The van der Waals surface area contributed by atoms with Crippen molar-refractivity contribution in [1.82, 2.24) is 0 Å². The molecule has 0 radical (unpaired) electrons. The van der Waals surface area contributed by atoms with E-state index >= 15 is 0 Å². The highest BCUT2D eigenvalue weighted by Crippen LogP contribution is 2.37. The zero-order chi connectivity index (χ0) is 24.1. The SMILES string of the molecule is CC1CCC(c2ccc(CC(CCc3ccc(C4CCC(F)CC4)cc3)C(F)(F)F)cc2)CC1. The minimum Gasteiger partial charge on any atom is -0.247 e. The van der Waals surface area contributed by atoms with Crippen LogP contribution >= 0.6 is 0 Å². The van der Waals surface area contributed by atoms with Crippen LogP contribution in [0.25, 0.3) is 0 Å². The second-order valence-electron chi connectivity index (χ2n) is 10.9. The number of alkyl halides is 4. The van der Waals surface area contributed by atoms with Gasteiger partial charge < -0.3 is 0 Å². The first kappa shape index (κ1) is 25.3. The lowest BCUT2D eigenvalue weighted by atomic mass is 9.79. The molecule has 0 N–H and O–H groups in total. The van der Waals surface area contributed by atoms with E-state index in [-0.39, 0.29) is 12.8 Å². The summed E-state index contributed by atoms with van der Waals surface area (Å²) in [7, 11) is 0. The normalized spacial score (nSPS) is 26.9. The van der Waals surface area contributed by atoms with Gasteiger partial charge in [0.2, 0.25) is 0 Å². The Morgan fingerprint density at radius 3 is 1.68 bits per heavy atom. The van der Waals surface area contributed by atoms with E-state index in [2.05, 4.69) is 19.1 Å². The van der Waals surface area contributed by atoms with Gasteiger partial charge >= 0.3 is 6.18 Å². The van der Waals surface area contributed by atoms with Crippen LogP contribution < -0.4 is 0 Å². The van der Waals surface area contributed by atoms with Gasteiger partial charge in [0.15, 0.2) is 0 Å². The van der Waals surface area contributed by atoms with Crippen LogP contribution in [0.5, 0.6) is 0 Å². The number of benzene rings is 2. The second kappa shape index (κ2) is 11.3. The molecule has 0 saturated heterocycles. The molecule has 4 heteroatoms. The summed E-state index contributed by atoms with van der Waals surface area (Å²) in [6.45, 7) is 2.30. The first-order valence-corrected chi connectivity index (χ1v) is 13.2. The third-order valence-corrected chi connectivity index (χ3v) is 8.30. The third kappa shape index (κ3) is 6.86. The topological polar surface area (TPSA) is 0 Å². The van der Waals surface area contributed by atoms with E-state index in [1.807, 2.05) is 36.4 Å². The summed E-state index contributed by atoms with van der Waals surface area (Å²) in [5, 5.41) is 0. The van der Waals surface area contributed by atoms with Gasteiger partial charge in [-0.05, 0) is 97.8 Å². The summed E-state index contributed by atoms with van der Waals surface area (Å²) in [6.07, 6.45) is 3.44. The summed E-state index contributed by atoms with van der Waals surface area (Å²) < 4.78 is 54.9. The summed E-state index contributed by atoms with van der Waals surface area (Å²) in [5.41, 5.74) is 4.18. The number of rotatable bonds is 7. The van der Waals surface area contributed by atoms with Crippen LogP contribution in [0.1, 0.15) is 98.8 Å². The molecule has 2 aromatic rings. The smallest absolute Gasteiger partial charge is 0.247 e. The van der Waals surface area contributed by atoms with Crippen LogP contribution in [0.2, 0.25) is 0 Å². The zero-order valence-electron chi connectivity index (χ0n) is 20.3. The van der Waals surface area contributed by atoms with Crippen molar-refractivity contribution in [2.45, 2.75) is 102 Å². The average molecular weight is 475 g/mol. The van der Waals surface area contributed by atoms with E-state index in [0.717, 1.165) is 29.9 Å². The molecule has 1 atom stereocenters. The van der Waals surface area contributed by atoms with Gasteiger partial charge in [-0.25, -0.2) is 4.39 Å². The molecule has 1 unspecified atom stereocenters. The van der Waals surface area contributed by atoms with Crippen molar-refractivity contribution in [2.75, 3.05) is 0 Å². The lowest BCUT2D eigenvalue weighted by molar-refractivity contribution is -0.175. The molecule has 2 saturated carbocycles. The summed E-state index contributed by atoms with van der Waals surface area (Å²) in [6, 6.07) is 15.9. The molecular weight excluding hydrogens is 436 g/mol. The van der Waals surface area contributed by atoms with E-state index in [1.54, 1.807) is 0 Å². The maximum absolute atomic E-state index is 13.8. The molecule has 0 aromatic heterocycles. The third-order valence-electron chi connectivity index (χ3n) is 8.30. The summed E-state index contributed by atoms with van der Waals surface area (Å²) in [5.74, 6) is 0.381. The van der Waals surface area contributed by atoms with Crippen molar-refractivity contribution in [3.05, 3.63) is 70.8 Å². The van der Waals surface area contributed by atoms with E-state index in [1.165, 1.54) is 36.8 Å². The highest BCUT2D eigenvalue weighted by molar-refractivity contribution is 5.27. The minimum atomic E-state index is -4.21. The lowest BCUT2D eigenvalue weighted by Crippen LogP contribution is -2.25. The monoisotopic (exact) mass is 474 g/mol. The molecule has 0 nitrogen and oxygen atoms in total. The maximum Gasteiger partial charge on any atom is 0.392 e. The highest BCUT2D eigenvalue weighted by Gasteiger charge is 2.39. The molecule has 186 valence electrons. The molecule has 2 aromatic carbocycles. The van der Waals surface area contributed by atoms with E-state index < -0.39 is 18.3 Å². The fourth-order valence-corrected chi connectivity index (χ4v) is 5.87. The molecule has 0 amide bonds. The second-order valence-corrected chi connectivity index (χ2v) is 10.9. The quantitative estimate of drug-likeness (QED) is 0.351. The first-order valence-electron chi connectivity index (χ1n) is 13.2. The molecule has 2 aliphatic rings. The van der Waals surface area contributed by atoms with Crippen LogP contribution in [0.4, 0.5) is 17.6 Å². The van der Waals surface area contributed by atoms with Crippen molar-refractivity contribution in [3.63, 3.8) is 0 Å². The van der Waals surface area contributed by atoms with Gasteiger partial charge in [0.05, 0.1) is 5.92 Å². The largest absolute Gasteiger partial charge is 0.392 e. The van der Waals surface area contributed by atoms with Crippen LogP contribution in [-0.4, -0.2) is 12.3 Å². The molecule has 0 bridgehead atoms. The number of hydrogen-bond acceptors (Lipinski definition) is 0. The number of hydrogen-bond donors (Lipinski definition) is 0. The predicted octanol–water partition coefficient (Wildman–Crippen LogP) is 9.33. The highest BCUT2D eigenvalue weighted by atomic mass is 19.4. The van der Waals surface area contributed by atoms with Crippen LogP contribution in [0.15, 0.2) is 48.5 Å². The molecule has 34 heavy (non-hydrogen) atoms. The van der Waals surface area contributed by atoms with Gasteiger partial charge in [0.25, 0.3) is 0 Å². The van der Waals surface area contributed by atoms with Crippen molar-refractivity contribution in [1.29, 1.82) is 0 Å². The van der Waals surface area contributed by atoms with Crippen molar-refractivity contribution in [3.8, 4) is 0 Å². The molecule has 4 rings (SSSR count). The molecule has 0 aliphatic heterocycles. The van der Waals surface area contributed by atoms with Gasteiger partial charge in [0, 0.05) is 0 Å². The first-order chi connectivity index (χ1) is 16.3. The van der Waals surface area contributed by atoms with Crippen molar-refractivity contribution >= 4 is 0 Å². The Kier molecular flexibility index (Phi) is 8.37. The fourth-order valence-electron chi connectivity index (χ4n) is 5.87. The maximum atomic E-state index is 13.8. The standard InChI is InChI=1S/C30H38F4/c1-21-2-9-24(10-3-21)26-13-6-23(7-14-26)20-28(30(32,33)34)17-8-22-4-11-25(12-5-22)27-15-18-29(31)19-16-27/h4-7,11-14,21,24,27-29H,2-3,8-10,15-20H2,1H3. The van der Waals surface area contributed by atoms with Crippen molar-refractivity contribution < 1.29 is 17.6 Å². The van der Waals surface area contributed by atoms with E-state index in [0.29, 0.717) is 31.1 Å². The van der Waals surface area contributed by atoms with Crippen LogP contribution in [0.3, 0.4) is 0 Å². The number of aryl methyl sites for hydroxylation is 1. The van der Waals surface area contributed by atoms with Crippen LogP contribution in [0, 0.1) is 11.8 Å². The van der Waals surface area contributed by atoms with Crippen molar-refractivity contribution in [2.24, 2.45) is 11.8 Å². The predicted molar refractivity (Wildman–Crippen MR) is 131 cm³/mol. The number of halogens is 4. The summed E-state index contributed by atoms with van der Waals surface area (Å²) >= 11 is 0. The minimum absolute atomic E-state index is 0.0377. The zero-order valence-corrected chi connectivity index (χ0v) is 20.3. The Labute approximate surface area is 202 Å². The Morgan fingerprint density at radius 1 is 0.706 bits per heavy atom. The Hall–Kier alpha value is -1.84. The average Bonchev–Trinajstić information content (AvgIpc) is 2.83. The van der Waals surface area contributed by atoms with Crippen LogP contribution in [-0.2, 0) is 12.8 Å². The Balaban J connectivity index is 1.33. The Bertz CT molecular complexity index is 868. The summed E-state index contributed by atoms with van der Waals surface area (Å²) in [4.78, 5) is 0. The molecular formula is C30H38F4. The van der Waals surface area contributed by atoms with Gasteiger partial charge in [0.1, 0.15) is 6.17 Å². The van der Waals surface area contributed by atoms with Gasteiger partial charge in [-0.3, -0.25) is 0 Å². The molecule has 2 aliphatic carbocycles.